The second-order valence-corrected chi connectivity index (χ2v) is 8.57. The van der Waals surface area contributed by atoms with Crippen LogP contribution in [0.5, 0.6) is 11.5 Å². The van der Waals surface area contributed by atoms with Crippen molar-refractivity contribution in [3.05, 3.63) is 95.1 Å². The summed E-state index contributed by atoms with van der Waals surface area (Å²) in [5, 5.41) is 19.6. The number of nitriles is 2. The van der Waals surface area contributed by atoms with Gasteiger partial charge in [0, 0.05) is 0 Å². The van der Waals surface area contributed by atoms with Gasteiger partial charge >= 0.3 is 0 Å². The Morgan fingerprint density at radius 1 is 0.538 bits per heavy atom. The van der Waals surface area contributed by atoms with E-state index in [1.54, 1.807) is 6.08 Å². The number of rotatable bonds is 4. The molecule has 0 amide bonds. The number of allylic oxidation sites excluding steroid dienone is 2. The summed E-state index contributed by atoms with van der Waals surface area (Å²) in [5.41, 5.74) is 4.32. The summed E-state index contributed by atoms with van der Waals surface area (Å²) in [4.78, 5) is 0. The predicted molar refractivity (Wildman–Crippen MR) is 150 cm³/mol. The molecule has 1 heterocycles. The normalized spacial score (nSPS) is 15.7. The molecule has 1 aliphatic rings. The van der Waals surface area contributed by atoms with Crippen molar-refractivity contribution in [2.24, 2.45) is 0 Å². The Morgan fingerprint density at radius 3 is 1.56 bits per heavy atom. The highest BCUT2D eigenvalue weighted by atomic mass is 16.6. The van der Waals surface area contributed by atoms with Gasteiger partial charge in [-0.3, -0.25) is 0 Å². The standard InChI is InChI=1S/C32H30N2O5/c33-23-29(20-25-4-2-1-3-5-25)27-7-9-28(10-8-27)30(24-34)21-26-6-11-31-32(22-26)39-19-17-37-15-13-35-12-14-36-16-18-38-31/h1-11,20-22H,12-19H2/b29-20+,30-21+. The second-order valence-electron chi connectivity index (χ2n) is 8.57. The zero-order chi connectivity index (χ0) is 27.1. The summed E-state index contributed by atoms with van der Waals surface area (Å²) in [5.74, 6) is 1.16. The molecule has 4 rings (SSSR count). The molecule has 0 saturated heterocycles. The molecule has 39 heavy (non-hydrogen) atoms. The Labute approximate surface area is 229 Å². The van der Waals surface area contributed by atoms with E-state index in [1.807, 2.05) is 78.9 Å². The number of nitrogens with zero attached hydrogens (tertiary/aromatic N) is 2. The molecule has 3 aromatic rings. The van der Waals surface area contributed by atoms with Gasteiger partial charge in [0.1, 0.15) is 13.2 Å². The van der Waals surface area contributed by atoms with E-state index in [-0.39, 0.29) is 0 Å². The van der Waals surface area contributed by atoms with Crippen LogP contribution in [0.25, 0.3) is 23.3 Å². The molecule has 0 atom stereocenters. The largest absolute Gasteiger partial charge is 0.487 e. The SMILES string of the molecule is N#C/C(=C\c1ccccc1)c1ccc(/C(C#N)=C/c2ccc3c(c2)OCCOCCOCCOCCO3)cc1. The molecule has 0 saturated carbocycles. The summed E-state index contributed by atoms with van der Waals surface area (Å²) in [6.45, 7) is 3.57. The molecule has 3 aromatic carbocycles. The molecule has 0 bridgehead atoms. The van der Waals surface area contributed by atoms with Crippen LogP contribution in [0.1, 0.15) is 22.3 Å². The Kier molecular flexibility index (Phi) is 10.7. The summed E-state index contributed by atoms with van der Waals surface area (Å²) >= 11 is 0. The molecule has 0 radical (unpaired) electrons. The van der Waals surface area contributed by atoms with E-state index in [0.29, 0.717) is 75.5 Å². The van der Waals surface area contributed by atoms with E-state index in [0.717, 1.165) is 22.3 Å². The Bertz CT molecular complexity index is 1350. The van der Waals surface area contributed by atoms with Crippen LogP contribution in [0.2, 0.25) is 0 Å². The topological polar surface area (TPSA) is 93.7 Å². The third-order valence-corrected chi connectivity index (χ3v) is 5.85. The van der Waals surface area contributed by atoms with Gasteiger partial charge < -0.3 is 23.7 Å². The molecule has 0 fully saturated rings. The van der Waals surface area contributed by atoms with E-state index >= 15 is 0 Å². The quantitative estimate of drug-likeness (QED) is 0.323. The number of hydrogen-bond donors (Lipinski definition) is 0. The van der Waals surface area contributed by atoms with Crippen molar-refractivity contribution in [1.82, 2.24) is 0 Å². The third kappa shape index (κ3) is 8.56. The number of ether oxygens (including phenoxy) is 5. The average molecular weight is 523 g/mol. The van der Waals surface area contributed by atoms with Crippen molar-refractivity contribution < 1.29 is 23.7 Å². The first-order valence-electron chi connectivity index (χ1n) is 12.8. The number of benzene rings is 3. The molecule has 0 spiro atoms. The molecule has 7 nitrogen and oxygen atoms in total. The van der Waals surface area contributed by atoms with Crippen LogP contribution in [0, 0.1) is 22.7 Å². The van der Waals surface area contributed by atoms with Gasteiger partial charge in [0.15, 0.2) is 11.5 Å². The molecule has 0 N–H and O–H groups in total. The van der Waals surface area contributed by atoms with E-state index in [1.165, 1.54) is 0 Å². The van der Waals surface area contributed by atoms with Crippen LogP contribution in [0.15, 0.2) is 72.8 Å². The maximum Gasteiger partial charge on any atom is 0.161 e. The maximum atomic E-state index is 9.90. The Balaban J connectivity index is 1.52. The average Bonchev–Trinajstić information content (AvgIpc) is 2.99. The van der Waals surface area contributed by atoms with Gasteiger partial charge in [-0.2, -0.15) is 10.5 Å². The Hall–Kier alpha value is -4.40. The molecular formula is C32H30N2O5. The summed E-state index contributed by atoms with van der Waals surface area (Å²) < 4.78 is 28.3. The first kappa shape index (κ1) is 27.6. The Morgan fingerprint density at radius 2 is 1.03 bits per heavy atom. The molecule has 198 valence electrons. The minimum Gasteiger partial charge on any atom is -0.487 e. The van der Waals surface area contributed by atoms with Gasteiger partial charge in [0.2, 0.25) is 0 Å². The number of fused-ring (bicyclic) bond motifs is 1. The minimum atomic E-state index is 0.352. The second kappa shape index (κ2) is 15.1. The highest BCUT2D eigenvalue weighted by molar-refractivity contribution is 5.92. The van der Waals surface area contributed by atoms with Crippen LogP contribution in [-0.2, 0) is 14.2 Å². The lowest BCUT2D eigenvalue weighted by molar-refractivity contribution is 0.00708. The highest BCUT2D eigenvalue weighted by Crippen LogP contribution is 2.31. The number of hydrogen-bond acceptors (Lipinski definition) is 7. The predicted octanol–water partition coefficient (Wildman–Crippen LogP) is 5.64. The molecule has 0 aromatic heterocycles. The minimum absolute atomic E-state index is 0.352. The van der Waals surface area contributed by atoms with Crippen LogP contribution in [0.4, 0.5) is 0 Å². The van der Waals surface area contributed by atoms with Gasteiger partial charge in [0.05, 0.1) is 62.9 Å². The fraction of sp³-hybridized carbons (Fsp3) is 0.250. The smallest absolute Gasteiger partial charge is 0.161 e. The molecule has 1 aliphatic heterocycles. The lowest BCUT2D eigenvalue weighted by Gasteiger charge is -2.14. The third-order valence-electron chi connectivity index (χ3n) is 5.85. The van der Waals surface area contributed by atoms with Gasteiger partial charge in [0.25, 0.3) is 0 Å². The van der Waals surface area contributed by atoms with Crippen molar-refractivity contribution in [3.63, 3.8) is 0 Å². The first-order valence-corrected chi connectivity index (χ1v) is 12.8. The molecular weight excluding hydrogens is 492 g/mol. The van der Waals surface area contributed by atoms with Crippen molar-refractivity contribution in [2.45, 2.75) is 0 Å². The zero-order valence-electron chi connectivity index (χ0n) is 21.7. The first-order chi connectivity index (χ1) is 19.3. The zero-order valence-corrected chi connectivity index (χ0v) is 21.7. The summed E-state index contributed by atoms with van der Waals surface area (Å²) in [6.07, 6.45) is 3.65. The monoisotopic (exact) mass is 522 g/mol. The molecule has 0 aliphatic carbocycles. The van der Waals surface area contributed by atoms with Crippen molar-refractivity contribution in [3.8, 4) is 23.6 Å². The van der Waals surface area contributed by atoms with Crippen LogP contribution in [0.3, 0.4) is 0 Å². The van der Waals surface area contributed by atoms with Gasteiger partial charge in [-0.05, 0) is 46.5 Å². The van der Waals surface area contributed by atoms with Crippen molar-refractivity contribution >= 4 is 23.3 Å². The van der Waals surface area contributed by atoms with Gasteiger partial charge in [-0.1, -0.05) is 60.7 Å². The van der Waals surface area contributed by atoms with Crippen LogP contribution in [-0.4, -0.2) is 52.9 Å². The van der Waals surface area contributed by atoms with E-state index < -0.39 is 0 Å². The maximum absolute atomic E-state index is 9.90. The molecule has 0 unspecified atom stereocenters. The van der Waals surface area contributed by atoms with Crippen LogP contribution < -0.4 is 9.47 Å². The lowest BCUT2D eigenvalue weighted by atomic mass is 9.98. The van der Waals surface area contributed by atoms with Gasteiger partial charge in [-0.25, -0.2) is 0 Å². The summed E-state index contributed by atoms with van der Waals surface area (Å²) in [7, 11) is 0. The fourth-order valence-electron chi connectivity index (χ4n) is 3.88. The fourth-order valence-corrected chi connectivity index (χ4v) is 3.88. The van der Waals surface area contributed by atoms with E-state index in [4.69, 9.17) is 23.7 Å². The van der Waals surface area contributed by atoms with E-state index in [2.05, 4.69) is 12.1 Å². The van der Waals surface area contributed by atoms with Crippen molar-refractivity contribution in [2.75, 3.05) is 52.9 Å². The lowest BCUT2D eigenvalue weighted by Crippen LogP contribution is -2.13. The highest BCUT2D eigenvalue weighted by Gasteiger charge is 2.10. The van der Waals surface area contributed by atoms with Crippen LogP contribution >= 0.6 is 0 Å². The van der Waals surface area contributed by atoms with E-state index in [9.17, 15) is 10.5 Å². The van der Waals surface area contributed by atoms with Gasteiger partial charge in [-0.15, -0.1) is 0 Å². The molecule has 7 heteroatoms. The van der Waals surface area contributed by atoms with Crippen molar-refractivity contribution in [1.29, 1.82) is 10.5 Å². The summed E-state index contributed by atoms with van der Waals surface area (Å²) in [6, 6.07) is 27.2.